The third-order valence-corrected chi connectivity index (χ3v) is 4.19. The number of hydrogen-bond acceptors (Lipinski definition) is 5. The van der Waals surface area contributed by atoms with Crippen LogP contribution in [0.15, 0.2) is 24.3 Å². The molecule has 0 atom stereocenters. The third-order valence-electron chi connectivity index (χ3n) is 2.70. The Hall–Kier alpha value is -1.63. The molecule has 0 spiro atoms. The van der Waals surface area contributed by atoms with Crippen molar-refractivity contribution in [2.75, 3.05) is 6.61 Å². The molecule has 2 aromatic rings. The van der Waals surface area contributed by atoms with Crippen LogP contribution in [0.25, 0.3) is 0 Å². The molecule has 0 aliphatic carbocycles. The van der Waals surface area contributed by atoms with Crippen LogP contribution in [0.1, 0.15) is 15.9 Å². The summed E-state index contributed by atoms with van der Waals surface area (Å²) in [4.78, 5) is 22.2. The molecule has 0 bridgehead atoms. The normalized spacial score (nSPS) is 10.4. The second-order valence-electron chi connectivity index (χ2n) is 4.16. The number of aryl methyl sites for hydroxylation is 1. The summed E-state index contributed by atoms with van der Waals surface area (Å²) in [6.07, 6.45) is 0. The molecule has 0 saturated carbocycles. The molecule has 0 aliphatic rings. The van der Waals surface area contributed by atoms with E-state index in [9.17, 15) is 14.9 Å². The Morgan fingerprint density at radius 1 is 1.38 bits per heavy atom. The zero-order valence-electron chi connectivity index (χ0n) is 10.8. The summed E-state index contributed by atoms with van der Waals surface area (Å²) in [5.74, 6) is -0.0518. The van der Waals surface area contributed by atoms with Crippen molar-refractivity contribution in [3.8, 4) is 5.75 Å². The van der Waals surface area contributed by atoms with Crippen LogP contribution in [0.4, 0.5) is 5.69 Å². The van der Waals surface area contributed by atoms with Gasteiger partial charge in [0.1, 0.15) is 10.1 Å². The van der Waals surface area contributed by atoms with E-state index >= 15 is 0 Å². The molecule has 0 fully saturated rings. The van der Waals surface area contributed by atoms with Gasteiger partial charge in [-0.3, -0.25) is 14.9 Å². The fourth-order valence-corrected chi connectivity index (χ4v) is 3.11. The molecule has 8 heteroatoms. The second-order valence-corrected chi connectivity index (χ2v) is 6.44. The Kier molecular flexibility index (Phi) is 4.82. The molecule has 0 saturated heterocycles. The standard InChI is InChI=1S/C13H9Cl2NO4S/c1-7-2-3-8(16(18)19)4-11(7)20-6-10(17)9-5-12(14)21-13(9)15/h2-5H,6H2,1H3. The van der Waals surface area contributed by atoms with Crippen molar-refractivity contribution in [3.63, 3.8) is 0 Å². The van der Waals surface area contributed by atoms with Crippen LogP contribution in [-0.2, 0) is 0 Å². The van der Waals surface area contributed by atoms with Gasteiger partial charge in [0.05, 0.1) is 20.9 Å². The van der Waals surface area contributed by atoms with Crippen LogP contribution in [0.3, 0.4) is 0 Å². The number of non-ortho nitro benzene ring substituents is 1. The van der Waals surface area contributed by atoms with Crippen LogP contribution >= 0.6 is 34.5 Å². The number of benzene rings is 1. The number of Topliss-reactive ketones (excluding diaryl/α,β-unsaturated/α-hetero) is 1. The van der Waals surface area contributed by atoms with Crippen molar-refractivity contribution in [2.24, 2.45) is 0 Å². The van der Waals surface area contributed by atoms with Gasteiger partial charge in [-0.25, -0.2) is 0 Å². The van der Waals surface area contributed by atoms with Crippen LogP contribution in [0, 0.1) is 17.0 Å². The number of carbonyl (C=O) groups is 1. The molecule has 110 valence electrons. The number of nitro benzene ring substituents is 1. The van der Waals surface area contributed by atoms with E-state index in [4.69, 9.17) is 27.9 Å². The van der Waals surface area contributed by atoms with Gasteiger partial charge in [-0.05, 0) is 24.6 Å². The van der Waals surface area contributed by atoms with Gasteiger partial charge < -0.3 is 4.74 Å². The minimum atomic E-state index is -0.524. The molecule has 21 heavy (non-hydrogen) atoms. The van der Waals surface area contributed by atoms with Gasteiger partial charge in [0.15, 0.2) is 6.61 Å². The van der Waals surface area contributed by atoms with E-state index in [-0.39, 0.29) is 29.4 Å². The summed E-state index contributed by atoms with van der Waals surface area (Å²) in [6.45, 7) is 1.47. The van der Waals surface area contributed by atoms with E-state index in [0.29, 0.717) is 14.2 Å². The van der Waals surface area contributed by atoms with Crippen molar-refractivity contribution in [1.82, 2.24) is 0 Å². The molecular weight excluding hydrogens is 337 g/mol. The van der Waals surface area contributed by atoms with E-state index in [1.54, 1.807) is 13.0 Å². The van der Waals surface area contributed by atoms with Gasteiger partial charge in [-0.1, -0.05) is 23.2 Å². The highest BCUT2D eigenvalue weighted by Crippen LogP contribution is 2.31. The Bertz CT molecular complexity index is 714. The van der Waals surface area contributed by atoms with Crippen LogP contribution < -0.4 is 4.74 Å². The fraction of sp³-hybridized carbons (Fsp3) is 0.154. The summed E-state index contributed by atoms with van der Waals surface area (Å²) < 4.78 is 6.06. The van der Waals surface area contributed by atoms with Gasteiger partial charge in [0, 0.05) is 6.07 Å². The minimum Gasteiger partial charge on any atom is -0.485 e. The zero-order valence-corrected chi connectivity index (χ0v) is 13.1. The summed E-state index contributed by atoms with van der Waals surface area (Å²) in [7, 11) is 0. The largest absolute Gasteiger partial charge is 0.485 e. The monoisotopic (exact) mass is 345 g/mol. The van der Waals surface area contributed by atoms with Gasteiger partial charge in [-0.2, -0.15) is 0 Å². The second kappa shape index (κ2) is 6.43. The van der Waals surface area contributed by atoms with Gasteiger partial charge in [-0.15, -0.1) is 11.3 Å². The molecule has 1 aromatic heterocycles. The minimum absolute atomic E-state index is 0.0975. The van der Waals surface area contributed by atoms with Crippen molar-refractivity contribution in [3.05, 3.63) is 54.2 Å². The van der Waals surface area contributed by atoms with Crippen molar-refractivity contribution >= 4 is 46.0 Å². The number of carbonyl (C=O) groups excluding carboxylic acids is 1. The predicted molar refractivity (Wildman–Crippen MR) is 82.0 cm³/mol. The van der Waals surface area contributed by atoms with Crippen LogP contribution in [0.5, 0.6) is 5.75 Å². The number of hydrogen-bond donors (Lipinski definition) is 0. The Morgan fingerprint density at radius 2 is 2.10 bits per heavy atom. The van der Waals surface area contributed by atoms with Crippen LogP contribution in [0.2, 0.25) is 8.67 Å². The lowest BCUT2D eigenvalue weighted by Crippen LogP contribution is -2.11. The predicted octanol–water partition coefficient (Wildman–Crippen LogP) is 4.53. The third kappa shape index (κ3) is 3.72. The topological polar surface area (TPSA) is 69.4 Å². The first-order valence-corrected chi connectivity index (χ1v) is 7.31. The smallest absolute Gasteiger partial charge is 0.273 e. The number of thiophene rings is 1. The highest BCUT2D eigenvalue weighted by Gasteiger charge is 2.16. The average molecular weight is 346 g/mol. The summed E-state index contributed by atoms with van der Waals surface area (Å²) in [5, 5.41) is 10.7. The number of nitrogens with zero attached hydrogens (tertiary/aromatic N) is 1. The van der Waals surface area contributed by atoms with E-state index in [2.05, 4.69) is 0 Å². The molecule has 0 N–H and O–H groups in total. The summed E-state index contributed by atoms with van der Waals surface area (Å²) in [5.41, 5.74) is 0.886. The van der Waals surface area contributed by atoms with Gasteiger partial charge in [0.2, 0.25) is 5.78 Å². The number of ether oxygens (including phenoxy) is 1. The maximum absolute atomic E-state index is 12.0. The number of nitro groups is 1. The first kappa shape index (κ1) is 15.8. The van der Waals surface area contributed by atoms with Crippen molar-refractivity contribution < 1.29 is 14.5 Å². The van der Waals surface area contributed by atoms with E-state index in [1.165, 1.54) is 18.2 Å². The highest BCUT2D eigenvalue weighted by atomic mass is 35.5. The van der Waals surface area contributed by atoms with Gasteiger partial charge in [0.25, 0.3) is 5.69 Å². The number of ketones is 1. The highest BCUT2D eigenvalue weighted by molar-refractivity contribution is 7.20. The molecule has 0 aliphatic heterocycles. The Balaban J connectivity index is 2.13. The summed E-state index contributed by atoms with van der Waals surface area (Å²) in [6, 6.07) is 5.69. The van der Waals surface area contributed by atoms with Crippen molar-refractivity contribution in [1.29, 1.82) is 0 Å². The molecule has 0 amide bonds. The van der Waals surface area contributed by atoms with E-state index in [1.807, 2.05) is 0 Å². The molecule has 0 radical (unpaired) electrons. The Labute approximate surface area is 134 Å². The van der Waals surface area contributed by atoms with E-state index in [0.717, 1.165) is 11.3 Å². The molecule has 1 aromatic carbocycles. The SMILES string of the molecule is Cc1ccc([N+](=O)[O-])cc1OCC(=O)c1cc(Cl)sc1Cl. The molecule has 1 heterocycles. The van der Waals surface area contributed by atoms with Gasteiger partial charge >= 0.3 is 0 Å². The lowest BCUT2D eigenvalue weighted by molar-refractivity contribution is -0.384. The lowest BCUT2D eigenvalue weighted by Gasteiger charge is -2.07. The molecular formula is C13H9Cl2NO4S. The number of halogens is 2. The first-order valence-electron chi connectivity index (χ1n) is 5.74. The van der Waals surface area contributed by atoms with Crippen LogP contribution in [-0.4, -0.2) is 17.3 Å². The quantitative estimate of drug-likeness (QED) is 0.453. The number of rotatable bonds is 5. The van der Waals surface area contributed by atoms with Crippen molar-refractivity contribution in [2.45, 2.75) is 6.92 Å². The molecule has 0 unspecified atom stereocenters. The molecule has 5 nitrogen and oxygen atoms in total. The maximum Gasteiger partial charge on any atom is 0.273 e. The first-order chi connectivity index (χ1) is 9.88. The fourth-order valence-electron chi connectivity index (χ4n) is 1.61. The Morgan fingerprint density at radius 3 is 2.67 bits per heavy atom. The zero-order chi connectivity index (χ0) is 15.6. The molecule has 2 rings (SSSR count). The lowest BCUT2D eigenvalue weighted by atomic mass is 10.2. The average Bonchev–Trinajstić information content (AvgIpc) is 2.76. The van der Waals surface area contributed by atoms with E-state index < -0.39 is 4.92 Å². The summed E-state index contributed by atoms with van der Waals surface area (Å²) >= 11 is 12.8. The maximum atomic E-state index is 12.0.